The molecule has 0 heterocycles. The van der Waals surface area contributed by atoms with Gasteiger partial charge in [-0.05, 0) is 44.0 Å². The lowest BCUT2D eigenvalue weighted by molar-refractivity contribution is 0.0692. The first kappa shape index (κ1) is 32.7. The van der Waals surface area contributed by atoms with Gasteiger partial charge in [0.1, 0.15) is 5.56 Å². The van der Waals surface area contributed by atoms with Crippen LogP contribution in [-0.4, -0.2) is 37.0 Å². The van der Waals surface area contributed by atoms with Crippen LogP contribution in [-0.2, 0) is 9.84 Å². The zero-order valence-corrected chi connectivity index (χ0v) is 24.5. The van der Waals surface area contributed by atoms with Crippen LogP contribution in [0.5, 0.6) is 11.5 Å². The Labute approximate surface area is 235 Å². The van der Waals surface area contributed by atoms with Gasteiger partial charge in [-0.25, -0.2) is 13.2 Å². The number of unbranched alkanes of at least 4 members (excludes halogenated alkanes) is 15. The summed E-state index contributed by atoms with van der Waals surface area (Å²) in [5.74, 6) is -0.977. The fourth-order valence-corrected chi connectivity index (χ4v) is 6.10. The summed E-state index contributed by atoms with van der Waals surface area (Å²) >= 11 is 0. The number of aromatic carboxylic acids is 1. The van der Waals surface area contributed by atoms with E-state index in [1.54, 1.807) is 24.3 Å². The van der Waals surface area contributed by atoms with Crippen molar-refractivity contribution in [1.29, 1.82) is 0 Å². The maximum Gasteiger partial charge on any atom is 0.339 e. The van der Waals surface area contributed by atoms with Crippen LogP contribution >= 0.6 is 0 Å². The summed E-state index contributed by atoms with van der Waals surface area (Å²) in [7, 11) is -3.14. The molecule has 6 nitrogen and oxygen atoms in total. The lowest BCUT2D eigenvalue weighted by Crippen LogP contribution is -2.06. The first-order valence-electron chi connectivity index (χ1n) is 14.8. The molecule has 39 heavy (non-hydrogen) atoms. The van der Waals surface area contributed by atoms with Gasteiger partial charge in [0.05, 0.1) is 17.3 Å². The number of rotatable bonds is 22. The van der Waals surface area contributed by atoms with Crippen LogP contribution in [0.15, 0.2) is 47.4 Å². The number of aryl methyl sites for hydroxylation is 1. The van der Waals surface area contributed by atoms with Crippen molar-refractivity contribution in [2.45, 2.75) is 115 Å². The Bertz CT molecular complexity index is 1060. The van der Waals surface area contributed by atoms with E-state index in [9.17, 15) is 18.3 Å². The zero-order valence-electron chi connectivity index (χ0n) is 23.7. The largest absolute Gasteiger partial charge is 0.504 e. The van der Waals surface area contributed by atoms with E-state index < -0.39 is 15.8 Å². The van der Waals surface area contributed by atoms with Gasteiger partial charge in [-0.1, -0.05) is 114 Å². The first-order chi connectivity index (χ1) is 18.8. The third-order valence-electron chi connectivity index (χ3n) is 7.17. The minimum absolute atomic E-state index is 0.135. The van der Waals surface area contributed by atoms with E-state index in [4.69, 9.17) is 9.84 Å². The lowest BCUT2D eigenvalue weighted by atomic mass is 10.0. The summed E-state index contributed by atoms with van der Waals surface area (Å²) in [5, 5.41) is 19.0. The summed E-state index contributed by atoms with van der Waals surface area (Å²) in [5.41, 5.74) is 0.943. The van der Waals surface area contributed by atoms with Crippen molar-refractivity contribution in [3.8, 4) is 11.5 Å². The van der Waals surface area contributed by atoms with Crippen LogP contribution in [0.4, 0.5) is 0 Å². The molecule has 2 N–H and O–H groups in total. The molecule has 0 radical (unpaired) electrons. The number of sulfone groups is 1. The number of hydrogen-bond acceptors (Lipinski definition) is 5. The molecule has 0 fully saturated rings. The molecule has 0 aromatic heterocycles. The molecule has 0 aliphatic heterocycles. The van der Waals surface area contributed by atoms with Crippen LogP contribution in [0.3, 0.4) is 0 Å². The minimum atomic E-state index is -3.14. The van der Waals surface area contributed by atoms with Crippen molar-refractivity contribution in [2.24, 2.45) is 0 Å². The van der Waals surface area contributed by atoms with E-state index in [2.05, 4.69) is 0 Å². The van der Waals surface area contributed by atoms with E-state index in [1.807, 2.05) is 19.1 Å². The number of hydrogen-bond donors (Lipinski definition) is 2. The van der Waals surface area contributed by atoms with Crippen LogP contribution < -0.4 is 4.74 Å². The average molecular weight is 561 g/mol. The molecule has 0 aliphatic rings. The summed E-state index contributed by atoms with van der Waals surface area (Å²) in [4.78, 5) is 11.5. The summed E-state index contributed by atoms with van der Waals surface area (Å²) in [6.07, 6.45) is 18.7. The summed E-state index contributed by atoms with van der Waals surface area (Å²) < 4.78 is 30.3. The number of ether oxygens (including phenoxy) is 1. The molecule has 0 saturated carbocycles. The Balaban J connectivity index is 1.32. The van der Waals surface area contributed by atoms with Gasteiger partial charge in [-0.15, -0.1) is 0 Å². The third kappa shape index (κ3) is 13.4. The summed E-state index contributed by atoms with van der Waals surface area (Å²) in [6, 6.07) is 11.7. The SMILES string of the molecule is Cc1ccc(S(=O)(=O)CCCCCCCCCCCCCCCCCCOc2cccc(C(=O)O)c2O)cc1. The fraction of sp³-hybridized carbons (Fsp3) is 0.594. The molecule has 0 atom stereocenters. The Morgan fingerprint density at radius 3 is 1.64 bits per heavy atom. The van der Waals surface area contributed by atoms with Gasteiger partial charge >= 0.3 is 5.97 Å². The average Bonchev–Trinajstić information content (AvgIpc) is 2.91. The molecule has 0 unspecified atom stereocenters. The Kier molecular flexibility index (Phi) is 15.7. The van der Waals surface area contributed by atoms with Gasteiger partial charge in [-0.3, -0.25) is 0 Å². The van der Waals surface area contributed by atoms with Crippen LogP contribution in [0.25, 0.3) is 0 Å². The van der Waals surface area contributed by atoms with Gasteiger partial charge in [0.2, 0.25) is 0 Å². The predicted molar refractivity (Wildman–Crippen MR) is 158 cm³/mol. The molecular formula is C32H48O6S. The molecule has 0 amide bonds. The first-order valence-corrected chi connectivity index (χ1v) is 16.4. The van der Waals surface area contributed by atoms with Crippen molar-refractivity contribution in [3.63, 3.8) is 0 Å². The molecule has 7 heteroatoms. The van der Waals surface area contributed by atoms with E-state index in [1.165, 1.54) is 76.7 Å². The molecule has 0 bridgehead atoms. The smallest absolute Gasteiger partial charge is 0.339 e. The second kappa shape index (κ2) is 18.7. The molecule has 218 valence electrons. The molecule has 0 saturated heterocycles. The molecular weight excluding hydrogens is 512 g/mol. The normalized spacial score (nSPS) is 11.5. The van der Waals surface area contributed by atoms with Crippen LogP contribution in [0.1, 0.15) is 119 Å². The van der Waals surface area contributed by atoms with Gasteiger partial charge in [0.25, 0.3) is 0 Å². The van der Waals surface area contributed by atoms with Gasteiger partial charge in [-0.2, -0.15) is 0 Å². The van der Waals surface area contributed by atoms with E-state index in [-0.39, 0.29) is 22.8 Å². The van der Waals surface area contributed by atoms with Crippen molar-refractivity contribution in [3.05, 3.63) is 53.6 Å². The molecule has 2 aromatic carbocycles. The lowest BCUT2D eigenvalue weighted by Gasteiger charge is -2.09. The highest BCUT2D eigenvalue weighted by atomic mass is 32.2. The number of phenols is 1. The predicted octanol–water partition coefficient (Wildman–Crippen LogP) is 8.49. The van der Waals surface area contributed by atoms with Crippen molar-refractivity contribution >= 4 is 15.8 Å². The van der Waals surface area contributed by atoms with Gasteiger partial charge in [0.15, 0.2) is 21.3 Å². The number of benzene rings is 2. The highest BCUT2D eigenvalue weighted by molar-refractivity contribution is 7.91. The Hall–Kier alpha value is -2.54. The monoisotopic (exact) mass is 560 g/mol. The number of carboxylic acids is 1. The van der Waals surface area contributed by atoms with Gasteiger partial charge < -0.3 is 14.9 Å². The second-order valence-corrected chi connectivity index (χ2v) is 12.7. The summed E-state index contributed by atoms with van der Waals surface area (Å²) in [6.45, 7) is 2.44. The van der Waals surface area contributed by atoms with E-state index in [0.717, 1.165) is 37.7 Å². The minimum Gasteiger partial charge on any atom is -0.504 e. The second-order valence-electron chi connectivity index (χ2n) is 10.6. The molecule has 0 aliphatic carbocycles. The number of carbonyl (C=O) groups is 1. The van der Waals surface area contributed by atoms with E-state index in [0.29, 0.717) is 11.5 Å². The standard InChI is InChI=1S/C32H48O6S/c1-27-21-23-28(24-22-27)39(36,37)26-17-15-13-11-9-7-5-3-2-4-6-8-10-12-14-16-25-38-30-20-18-19-29(31(30)33)32(34)35/h18-24,33H,2-17,25-26H2,1H3,(H,34,35). The number of para-hydroxylation sites is 1. The zero-order chi connectivity index (χ0) is 28.3. The maximum absolute atomic E-state index is 12.4. The van der Waals surface area contributed by atoms with Crippen molar-refractivity contribution < 1.29 is 28.2 Å². The van der Waals surface area contributed by atoms with Crippen molar-refractivity contribution in [2.75, 3.05) is 12.4 Å². The van der Waals surface area contributed by atoms with Gasteiger partial charge in [0, 0.05) is 0 Å². The Morgan fingerprint density at radius 2 is 1.15 bits per heavy atom. The molecule has 2 rings (SSSR count). The highest BCUT2D eigenvalue weighted by Gasteiger charge is 2.14. The highest BCUT2D eigenvalue weighted by Crippen LogP contribution is 2.30. The molecule has 0 spiro atoms. The number of aromatic hydroxyl groups is 1. The van der Waals surface area contributed by atoms with Crippen LogP contribution in [0, 0.1) is 6.92 Å². The maximum atomic E-state index is 12.4. The van der Waals surface area contributed by atoms with Crippen molar-refractivity contribution in [1.82, 2.24) is 0 Å². The van der Waals surface area contributed by atoms with Crippen LogP contribution in [0.2, 0.25) is 0 Å². The number of carboxylic acid groups (broad SMARTS) is 1. The quantitative estimate of drug-likeness (QED) is 0.140. The third-order valence-corrected chi connectivity index (χ3v) is 8.99. The topological polar surface area (TPSA) is 101 Å². The molecule has 2 aromatic rings. The van der Waals surface area contributed by atoms with E-state index >= 15 is 0 Å². The fourth-order valence-electron chi connectivity index (χ4n) is 4.73. The Morgan fingerprint density at radius 1 is 0.692 bits per heavy atom.